The molecule has 2 atom stereocenters. The fourth-order valence-electron chi connectivity index (χ4n) is 3.86. The monoisotopic (exact) mass is 398 g/mol. The Kier molecular flexibility index (Phi) is 4.19. The third-order valence-corrected chi connectivity index (χ3v) is 7.51. The maximum absolute atomic E-state index is 13.1. The normalized spacial score (nSPS) is 23.3. The molecule has 2 aliphatic rings. The first-order valence-corrected chi connectivity index (χ1v) is 10.2. The maximum atomic E-state index is 13.1. The molecule has 0 amide bonds. The van der Waals surface area contributed by atoms with E-state index in [1.54, 1.807) is 22.8 Å². The first-order valence-electron chi connectivity index (χ1n) is 8.01. The molecule has 1 saturated heterocycles. The molecule has 1 aromatic carbocycles. The average Bonchev–Trinajstić information content (AvgIpc) is 2.58. The highest BCUT2D eigenvalue weighted by atomic mass is 35.5. The van der Waals surface area contributed by atoms with Crippen LogP contribution in [0.2, 0.25) is 10.0 Å². The number of fused-ring (bicyclic) bond motifs is 4. The van der Waals surface area contributed by atoms with Gasteiger partial charge in [-0.05, 0) is 36.6 Å². The van der Waals surface area contributed by atoms with Crippen molar-refractivity contribution in [3.8, 4) is 0 Å². The van der Waals surface area contributed by atoms with Gasteiger partial charge in [0.1, 0.15) is 4.90 Å². The molecule has 4 rings (SSSR count). The van der Waals surface area contributed by atoms with Crippen LogP contribution in [-0.4, -0.2) is 30.4 Å². The minimum Gasteiger partial charge on any atom is -0.312 e. The average molecular weight is 399 g/mol. The molecule has 0 aliphatic carbocycles. The zero-order chi connectivity index (χ0) is 17.8. The summed E-state index contributed by atoms with van der Waals surface area (Å²) in [5.74, 6) is 0.119. The van der Waals surface area contributed by atoms with Gasteiger partial charge >= 0.3 is 0 Å². The molecule has 0 radical (unpaired) electrons. The number of hydrogen-bond acceptors (Lipinski definition) is 3. The van der Waals surface area contributed by atoms with E-state index in [1.807, 2.05) is 6.07 Å². The molecule has 2 aliphatic heterocycles. The van der Waals surface area contributed by atoms with E-state index in [9.17, 15) is 13.2 Å². The highest BCUT2D eigenvalue weighted by Gasteiger charge is 2.40. The molecule has 2 bridgehead atoms. The molecule has 0 unspecified atom stereocenters. The number of halogens is 2. The number of hydrogen-bond donors (Lipinski definition) is 0. The van der Waals surface area contributed by atoms with Gasteiger partial charge in [0.2, 0.25) is 10.0 Å². The van der Waals surface area contributed by atoms with Crippen molar-refractivity contribution in [2.75, 3.05) is 13.1 Å². The second-order valence-corrected chi connectivity index (χ2v) is 9.34. The molecule has 1 fully saturated rings. The van der Waals surface area contributed by atoms with Crippen LogP contribution in [0.3, 0.4) is 0 Å². The summed E-state index contributed by atoms with van der Waals surface area (Å²) in [5, 5.41) is 0.494. The Balaban J connectivity index is 1.72. The van der Waals surface area contributed by atoms with Crippen molar-refractivity contribution in [1.82, 2.24) is 8.87 Å². The summed E-state index contributed by atoms with van der Waals surface area (Å²) in [4.78, 5) is 12.1. The van der Waals surface area contributed by atoms with Gasteiger partial charge in [0.15, 0.2) is 0 Å². The van der Waals surface area contributed by atoms with Crippen LogP contribution >= 0.6 is 23.2 Å². The van der Waals surface area contributed by atoms with Crippen LogP contribution in [-0.2, 0) is 16.6 Å². The second kappa shape index (κ2) is 6.13. The van der Waals surface area contributed by atoms with Crippen molar-refractivity contribution in [2.45, 2.75) is 23.8 Å². The first-order chi connectivity index (χ1) is 11.9. The van der Waals surface area contributed by atoms with Crippen molar-refractivity contribution < 1.29 is 8.42 Å². The Morgan fingerprint density at radius 3 is 2.64 bits per heavy atom. The summed E-state index contributed by atoms with van der Waals surface area (Å²) < 4.78 is 29.4. The summed E-state index contributed by atoms with van der Waals surface area (Å²) in [7, 11) is -3.74. The summed E-state index contributed by atoms with van der Waals surface area (Å²) in [6, 6.07) is 9.64. The lowest BCUT2D eigenvalue weighted by Gasteiger charge is -2.42. The van der Waals surface area contributed by atoms with Gasteiger partial charge in [-0.2, -0.15) is 4.31 Å². The molecule has 25 heavy (non-hydrogen) atoms. The first kappa shape index (κ1) is 17.1. The molecular formula is C17H16Cl2N2O3S. The van der Waals surface area contributed by atoms with E-state index in [0.717, 1.165) is 12.1 Å². The summed E-state index contributed by atoms with van der Waals surface area (Å²) in [6.45, 7) is 1.26. The van der Waals surface area contributed by atoms with E-state index < -0.39 is 10.0 Å². The fourth-order valence-corrected chi connectivity index (χ4v) is 6.16. The van der Waals surface area contributed by atoms with Crippen LogP contribution in [0.1, 0.15) is 18.0 Å². The lowest BCUT2D eigenvalue weighted by molar-refractivity contribution is 0.186. The smallest absolute Gasteiger partial charge is 0.250 e. The second-order valence-electron chi connectivity index (χ2n) is 6.59. The molecule has 0 spiro atoms. The van der Waals surface area contributed by atoms with Crippen LogP contribution in [0.4, 0.5) is 0 Å². The molecule has 0 N–H and O–H groups in total. The Labute approximate surface area is 155 Å². The number of nitrogens with zero attached hydrogens (tertiary/aromatic N) is 2. The summed E-state index contributed by atoms with van der Waals surface area (Å²) in [6.07, 6.45) is 0.888. The number of pyridine rings is 1. The van der Waals surface area contributed by atoms with Crippen LogP contribution in [0, 0.1) is 5.92 Å². The van der Waals surface area contributed by atoms with Gasteiger partial charge in [0.05, 0.1) is 5.02 Å². The molecule has 8 heteroatoms. The maximum Gasteiger partial charge on any atom is 0.250 e. The van der Waals surface area contributed by atoms with E-state index in [-0.39, 0.29) is 27.3 Å². The number of rotatable bonds is 2. The summed E-state index contributed by atoms with van der Waals surface area (Å²) in [5.41, 5.74) is 0.877. The van der Waals surface area contributed by atoms with Crippen molar-refractivity contribution in [3.05, 3.63) is 62.5 Å². The minimum absolute atomic E-state index is 0.00846. The number of sulfonamides is 1. The van der Waals surface area contributed by atoms with Gasteiger partial charge in [-0.1, -0.05) is 29.3 Å². The van der Waals surface area contributed by atoms with E-state index in [2.05, 4.69) is 0 Å². The zero-order valence-electron chi connectivity index (χ0n) is 13.2. The fraction of sp³-hybridized carbons (Fsp3) is 0.353. The van der Waals surface area contributed by atoms with E-state index >= 15 is 0 Å². The molecule has 0 saturated carbocycles. The van der Waals surface area contributed by atoms with Crippen LogP contribution in [0.5, 0.6) is 0 Å². The van der Waals surface area contributed by atoms with E-state index in [0.29, 0.717) is 24.7 Å². The topological polar surface area (TPSA) is 59.4 Å². The Morgan fingerprint density at radius 1 is 1.04 bits per heavy atom. The van der Waals surface area contributed by atoms with Gasteiger partial charge in [0.25, 0.3) is 5.56 Å². The van der Waals surface area contributed by atoms with Gasteiger partial charge < -0.3 is 4.57 Å². The molecule has 2 aromatic rings. The third-order valence-electron chi connectivity index (χ3n) is 4.96. The SMILES string of the molecule is O=c1cccc2n1C[C@@H]1C[C@H]2CN(S(=O)(=O)c2cc(Cl)ccc2Cl)C1. The van der Waals surface area contributed by atoms with Crippen LogP contribution < -0.4 is 5.56 Å². The van der Waals surface area contributed by atoms with Crippen molar-refractivity contribution >= 4 is 33.2 Å². The quantitative estimate of drug-likeness (QED) is 0.780. The van der Waals surface area contributed by atoms with Crippen molar-refractivity contribution in [3.63, 3.8) is 0 Å². The number of piperidine rings is 1. The Morgan fingerprint density at radius 2 is 1.84 bits per heavy atom. The highest BCUT2D eigenvalue weighted by molar-refractivity contribution is 7.89. The minimum atomic E-state index is -3.74. The van der Waals surface area contributed by atoms with Gasteiger partial charge in [-0.15, -0.1) is 0 Å². The van der Waals surface area contributed by atoms with Crippen LogP contribution in [0.15, 0.2) is 46.1 Å². The molecule has 3 heterocycles. The Hall–Kier alpha value is -1.34. The van der Waals surface area contributed by atoms with Crippen molar-refractivity contribution in [2.24, 2.45) is 5.92 Å². The highest BCUT2D eigenvalue weighted by Crippen LogP contribution is 2.38. The molecular weight excluding hydrogens is 383 g/mol. The molecule has 1 aromatic heterocycles. The lowest BCUT2D eigenvalue weighted by atomic mass is 9.84. The number of aromatic nitrogens is 1. The predicted octanol–water partition coefficient (Wildman–Crippen LogP) is 2.96. The predicted molar refractivity (Wildman–Crippen MR) is 96.8 cm³/mol. The Bertz CT molecular complexity index is 1000. The van der Waals surface area contributed by atoms with E-state index in [4.69, 9.17) is 23.2 Å². The van der Waals surface area contributed by atoms with Gasteiger partial charge in [-0.25, -0.2) is 8.42 Å². The molecule has 132 valence electrons. The van der Waals surface area contributed by atoms with Crippen LogP contribution in [0.25, 0.3) is 0 Å². The third kappa shape index (κ3) is 2.91. The van der Waals surface area contributed by atoms with Gasteiger partial charge in [-0.3, -0.25) is 4.79 Å². The van der Waals surface area contributed by atoms with E-state index in [1.165, 1.54) is 16.4 Å². The zero-order valence-corrected chi connectivity index (χ0v) is 15.6. The lowest BCUT2D eigenvalue weighted by Crippen LogP contribution is -2.49. The molecule has 5 nitrogen and oxygen atoms in total. The largest absolute Gasteiger partial charge is 0.312 e. The van der Waals surface area contributed by atoms with Crippen molar-refractivity contribution in [1.29, 1.82) is 0 Å². The van der Waals surface area contributed by atoms with Gasteiger partial charge in [0, 0.05) is 42.3 Å². The standard InChI is InChI=1S/C17H16Cl2N2O3S/c18-13-4-5-14(19)16(7-13)25(23,24)20-8-11-6-12(10-20)15-2-1-3-17(22)21(15)9-11/h1-5,7,11-12H,6,8-10H2/t11-,12+/m1/s1. The summed E-state index contributed by atoms with van der Waals surface area (Å²) >= 11 is 12.1. The number of benzene rings is 1.